The summed E-state index contributed by atoms with van der Waals surface area (Å²) in [5, 5.41) is 5.40. The van der Waals surface area contributed by atoms with E-state index in [9.17, 15) is 19.2 Å². The van der Waals surface area contributed by atoms with E-state index in [0.717, 1.165) is 36.8 Å². The Labute approximate surface area is 329 Å². The minimum Gasteiger partial charge on any atom is -0.453 e. The lowest BCUT2D eigenvalue weighted by Crippen LogP contribution is -2.51. The molecule has 0 saturated carbocycles. The minimum atomic E-state index is -0.713. The van der Waals surface area contributed by atoms with Gasteiger partial charge in [-0.3, -0.25) is 9.59 Å². The standard InChI is InChI=1S/C42H54N8O6/c1-9-27-19-33(49(23-27)39(51)35(25(3)4)47-41(53)55-7)37-43-21-31(45-37)17-15-29-11-13-30(14-12-29)16-18-32-22-44-38(46-32)34-20-28(10-2)24-50(34)40(52)36(26(5)6)48-42(54)56-8/h11-14,21-22,25-28,33-36H,9-10,19-20,23-24H2,1-8H3,(H,43,45)(H,44,46)(H,47,53)(H,48,54). The molecule has 298 valence electrons. The highest BCUT2D eigenvalue weighted by atomic mass is 16.5. The predicted octanol–water partition coefficient (Wildman–Crippen LogP) is 5.29. The molecule has 0 spiro atoms. The van der Waals surface area contributed by atoms with Crippen molar-refractivity contribution >= 4 is 24.0 Å². The molecule has 2 saturated heterocycles. The Kier molecular flexibility index (Phi) is 13.8. The maximum Gasteiger partial charge on any atom is 0.407 e. The van der Waals surface area contributed by atoms with Crippen LogP contribution in [0.3, 0.4) is 0 Å². The topological polar surface area (TPSA) is 175 Å². The summed E-state index contributed by atoms with van der Waals surface area (Å²) in [5.74, 6) is 14.0. The summed E-state index contributed by atoms with van der Waals surface area (Å²) in [4.78, 5) is 70.8. The first-order chi connectivity index (χ1) is 26.8. The molecule has 56 heavy (non-hydrogen) atoms. The summed E-state index contributed by atoms with van der Waals surface area (Å²) in [6, 6.07) is 5.66. The first kappa shape index (κ1) is 41.4. The second kappa shape index (κ2) is 18.7. The molecule has 2 fully saturated rings. The number of aromatic nitrogens is 4. The molecule has 4 amide bonds. The molecule has 5 rings (SSSR count). The molecule has 2 aliphatic heterocycles. The average Bonchev–Trinajstić information content (AvgIpc) is 4.02. The van der Waals surface area contributed by atoms with Gasteiger partial charge in [-0.2, -0.15) is 0 Å². The normalized spacial score (nSPS) is 20.1. The highest BCUT2D eigenvalue weighted by Gasteiger charge is 2.42. The number of alkyl carbamates (subject to hydrolysis) is 2. The van der Waals surface area contributed by atoms with E-state index in [4.69, 9.17) is 9.47 Å². The fourth-order valence-electron chi connectivity index (χ4n) is 7.25. The van der Waals surface area contributed by atoms with E-state index >= 15 is 0 Å². The first-order valence-corrected chi connectivity index (χ1v) is 19.4. The van der Waals surface area contributed by atoms with Gasteiger partial charge in [0.15, 0.2) is 0 Å². The third kappa shape index (κ3) is 9.91. The van der Waals surface area contributed by atoms with Crippen molar-refractivity contribution in [1.82, 2.24) is 40.4 Å². The van der Waals surface area contributed by atoms with E-state index in [0.29, 0.717) is 48.0 Å². The van der Waals surface area contributed by atoms with Crippen molar-refractivity contribution in [3.8, 4) is 23.7 Å². The second-order valence-corrected chi connectivity index (χ2v) is 15.2. The van der Waals surface area contributed by atoms with Gasteiger partial charge in [0.25, 0.3) is 0 Å². The molecule has 0 bridgehead atoms. The average molecular weight is 767 g/mol. The van der Waals surface area contributed by atoms with Gasteiger partial charge in [-0.05, 0) is 72.6 Å². The fourth-order valence-corrected chi connectivity index (χ4v) is 7.25. The van der Waals surface area contributed by atoms with Gasteiger partial charge < -0.3 is 39.9 Å². The van der Waals surface area contributed by atoms with Gasteiger partial charge in [-0.25, -0.2) is 19.6 Å². The molecular formula is C42H54N8O6. The third-order valence-electron chi connectivity index (χ3n) is 10.7. The number of nitrogens with one attached hydrogen (secondary N) is 4. The Balaban J connectivity index is 1.24. The summed E-state index contributed by atoms with van der Waals surface area (Å²) in [7, 11) is 2.57. The Bertz CT molecular complexity index is 1840. The molecule has 2 aromatic heterocycles. The number of rotatable bonds is 10. The van der Waals surface area contributed by atoms with Crippen molar-refractivity contribution in [3.05, 3.63) is 70.8 Å². The SMILES string of the molecule is CCC1CC(c2ncc(C#Cc3ccc(C#Cc4cnc(C5CC(CC)CN5C(=O)C(NC(=O)OC)C(C)C)[nH]4)cc3)[nH]2)N(C(=O)C(NC(=O)OC)C(C)C)C1. The number of imidazole rings is 2. The first-order valence-electron chi connectivity index (χ1n) is 19.4. The van der Waals surface area contributed by atoms with Crippen molar-refractivity contribution in [2.45, 2.75) is 91.4 Å². The lowest BCUT2D eigenvalue weighted by Gasteiger charge is -2.30. The fraction of sp³-hybridized carbons (Fsp3) is 0.524. The Morgan fingerprint density at radius 2 is 1.07 bits per heavy atom. The molecule has 6 unspecified atom stereocenters. The third-order valence-corrected chi connectivity index (χ3v) is 10.7. The van der Waals surface area contributed by atoms with E-state index in [1.54, 1.807) is 12.4 Å². The van der Waals surface area contributed by atoms with Crippen molar-refractivity contribution < 1.29 is 28.7 Å². The molecule has 0 radical (unpaired) electrons. The summed E-state index contributed by atoms with van der Waals surface area (Å²) in [5.41, 5.74) is 2.86. The highest BCUT2D eigenvalue weighted by Crippen LogP contribution is 2.37. The van der Waals surface area contributed by atoms with Gasteiger partial charge in [-0.15, -0.1) is 0 Å². The van der Waals surface area contributed by atoms with Crippen LogP contribution in [0.2, 0.25) is 0 Å². The number of aromatic amines is 2. The molecule has 1 aromatic carbocycles. The summed E-state index contributed by atoms with van der Waals surface area (Å²) in [6.45, 7) is 13.0. The molecule has 4 heterocycles. The van der Waals surface area contributed by atoms with Crippen LogP contribution < -0.4 is 10.6 Å². The summed E-state index contributed by atoms with van der Waals surface area (Å²) >= 11 is 0. The van der Waals surface area contributed by atoms with E-state index in [1.165, 1.54) is 14.2 Å². The van der Waals surface area contributed by atoms with Gasteiger partial charge in [0.1, 0.15) is 35.1 Å². The number of nitrogens with zero attached hydrogens (tertiary/aromatic N) is 4. The van der Waals surface area contributed by atoms with Gasteiger partial charge in [0, 0.05) is 24.2 Å². The monoisotopic (exact) mass is 766 g/mol. The lowest BCUT2D eigenvalue weighted by molar-refractivity contribution is -0.136. The zero-order valence-electron chi connectivity index (χ0n) is 33.6. The van der Waals surface area contributed by atoms with Gasteiger partial charge in [0.05, 0.1) is 38.7 Å². The number of hydrogen-bond acceptors (Lipinski definition) is 8. The maximum absolute atomic E-state index is 13.7. The number of methoxy groups -OCH3 is 2. The zero-order valence-corrected chi connectivity index (χ0v) is 33.6. The Morgan fingerprint density at radius 3 is 1.39 bits per heavy atom. The molecule has 0 aliphatic carbocycles. The molecule has 14 heteroatoms. The van der Waals surface area contributed by atoms with Crippen LogP contribution in [0.1, 0.15) is 113 Å². The molecule has 2 aliphatic rings. The summed E-state index contributed by atoms with van der Waals surface area (Å²) < 4.78 is 9.54. The lowest BCUT2D eigenvalue weighted by atomic mass is 10.0. The number of hydrogen-bond donors (Lipinski definition) is 4. The number of benzene rings is 1. The Hall–Kier alpha value is -5.76. The largest absolute Gasteiger partial charge is 0.453 e. The number of amides is 4. The van der Waals surface area contributed by atoms with Crippen LogP contribution in [0.5, 0.6) is 0 Å². The van der Waals surface area contributed by atoms with E-state index in [-0.39, 0.29) is 35.7 Å². The quantitative estimate of drug-likeness (QED) is 0.201. The zero-order chi connectivity index (χ0) is 40.5. The molecule has 3 aromatic rings. The maximum atomic E-state index is 13.7. The number of carbonyl (C=O) groups excluding carboxylic acids is 4. The van der Waals surface area contributed by atoms with E-state index in [1.807, 2.05) is 61.8 Å². The van der Waals surface area contributed by atoms with Crippen molar-refractivity contribution in [3.63, 3.8) is 0 Å². The van der Waals surface area contributed by atoms with Crippen LogP contribution in [0.25, 0.3) is 0 Å². The van der Waals surface area contributed by atoms with Crippen LogP contribution >= 0.6 is 0 Å². The van der Waals surface area contributed by atoms with Crippen LogP contribution in [0.15, 0.2) is 36.7 Å². The number of H-pyrrole nitrogens is 2. The molecular weight excluding hydrogens is 713 g/mol. The number of likely N-dealkylation sites (tertiary alicyclic amines) is 2. The van der Waals surface area contributed by atoms with Crippen molar-refractivity contribution in [2.24, 2.45) is 23.7 Å². The predicted molar refractivity (Wildman–Crippen MR) is 210 cm³/mol. The van der Waals surface area contributed by atoms with Gasteiger partial charge >= 0.3 is 12.2 Å². The van der Waals surface area contributed by atoms with Crippen LogP contribution in [-0.4, -0.2) is 93.1 Å². The number of carbonyl (C=O) groups is 4. The molecule has 14 nitrogen and oxygen atoms in total. The number of ether oxygens (including phenoxy) is 2. The van der Waals surface area contributed by atoms with E-state index < -0.39 is 24.3 Å². The van der Waals surface area contributed by atoms with Gasteiger partial charge in [0.2, 0.25) is 11.8 Å². The summed E-state index contributed by atoms with van der Waals surface area (Å²) in [6.07, 6.45) is 5.47. The van der Waals surface area contributed by atoms with Crippen LogP contribution in [0, 0.1) is 47.4 Å². The molecule has 4 N–H and O–H groups in total. The highest BCUT2D eigenvalue weighted by molar-refractivity contribution is 5.87. The van der Waals surface area contributed by atoms with Crippen LogP contribution in [-0.2, 0) is 19.1 Å². The van der Waals surface area contributed by atoms with Gasteiger partial charge in [-0.1, -0.05) is 66.2 Å². The second-order valence-electron chi connectivity index (χ2n) is 15.2. The van der Waals surface area contributed by atoms with Crippen molar-refractivity contribution in [2.75, 3.05) is 27.3 Å². The van der Waals surface area contributed by atoms with Crippen LogP contribution in [0.4, 0.5) is 9.59 Å². The molecule has 6 atom stereocenters. The smallest absolute Gasteiger partial charge is 0.407 e. The minimum absolute atomic E-state index is 0.125. The van der Waals surface area contributed by atoms with Crippen molar-refractivity contribution in [1.29, 1.82) is 0 Å². The van der Waals surface area contributed by atoms with E-state index in [2.05, 4.69) is 68.1 Å². The Morgan fingerprint density at radius 1 is 0.696 bits per heavy atom.